The van der Waals surface area contributed by atoms with E-state index in [1.54, 1.807) is 6.92 Å². The molecule has 1 aliphatic heterocycles. The number of carbonyl (C=O) groups is 1. The summed E-state index contributed by atoms with van der Waals surface area (Å²) in [6, 6.07) is 5.63. The van der Waals surface area contributed by atoms with Gasteiger partial charge in [0.15, 0.2) is 11.8 Å². The van der Waals surface area contributed by atoms with Gasteiger partial charge in [0.1, 0.15) is 24.0 Å². The first-order valence-corrected chi connectivity index (χ1v) is 13.8. The Bertz CT molecular complexity index is 1370. The molecule has 0 bridgehead atoms. The van der Waals surface area contributed by atoms with Gasteiger partial charge in [-0.25, -0.2) is 9.36 Å². The molecule has 0 spiro atoms. The zero-order valence-electron chi connectivity index (χ0n) is 21.3. The van der Waals surface area contributed by atoms with E-state index in [9.17, 15) is 29.2 Å². The van der Waals surface area contributed by atoms with E-state index in [-0.39, 0.29) is 5.75 Å². The van der Waals surface area contributed by atoms with Crippen LogP contribution in [0.1, 0.15) is 33.4 Å². The number of nitrogens with zero attached hydrogens (tertiary/aromatic N) is 1. The highest BCUT2D eigenvalue weighted by molar-refractivity contribution is 7.52. The first-order chi connectivity index (χ1) is 18.3. The average molecular weight is 586 g/mol. The number of aromatic amines is 1. The van der Waals surface area contributed by atoms with Gasteiger partial charge < -0.3 is 24.2 Å². The second-order valence-electron chi connectivity index (χ2n) is 8.80. The number of carbonyl (C=O) groups excluding carboxylic acids is 1. The molecular formula is C24H29ClN3O10P. The Labute approximate surface area is 228 Å². The van der Waals surface area contributed by atoms with Crippen molar-refractivity contribution in [3.8, 4) is 18.1 Å². The predicted molar refractivity (Wildman–Crippen MR) is 139 cm³/mol. The van der Waals surface area contributed by atoms with Crippen molar-refractivity contribution in [2.75, 3.05) is 6.61 Å². The van der Waals surface area contributed by atoms with E-state index in [0.29, 0.717) is 11.4 Å². The number of terminal acetylenes is 1. The molecule has 0 radical (unpaired) electrons. The number of benzene rings is 1. The fourth-order valence-corrected chi connectivity index (χ4v) is 5.15. The summed E-state index contributed by atoms with van der Waals surface area (Å²) in [5.41, 5.74) is -4.09. The van der Waals surface area contributed by atoms with Crippen LogP contribution < -0.4 is 20.9 Å². The van der Waals surface area contributed by atoms with E-state index in [1.807, 2.05) is 17.8 Å². The number of esters is 1. The Kier molecular flexibility index (Phi) is 9.79. The topological polar surface area (TPSA) is 178 Å². The Morgan fingerprint density at radius 2 is 2.00 bits per heavy atom. The van der Waals surface area contributed by atoms with Crippen LogP contribution >= 0.6 is 19.3 Å². The van der Waals surface area contributed by atoms with E-state index in [2.05, 4.69) is 5.09 Å². The van der Waals surface area contributed by atoms with Crippen molar-refractivity contribution in [1.29, 1.82) is 0 Å². The van der Waals surface area contributed by atoms with Gasteiger partial charge in [-0.3, -0.25) is 23.7 Å². The maximum Gasteiger partial charge on any atom is 0.459 e. The molecule has 1 aromatic heterocycles. The molecule has 4 N–H and O–H groups in total. The van der Waals surface area contributed by atoms with Crippen LogP contribution in [-0.2, 0) is 23.4 Å². The van der Waals surface area contributed by atoms with Crippen LogP contribution in [0.4, 0.5) is 0 Å². The molecule has 0 amide bonds. The molecule has 2 unspecified atom stereocenters. The average Bonchev–Trinajstić information content (AvgIpc) is 3.14. The molecule has 1 fully saturated rings. The molecule has 212 valence electrons. The summed E-state index contributed by atoms with van der Waals surface area (Å²) < 4.78 is 36.5. The van der Waals surface area contributed by atoms with Crippen LogP contribution in [0.5, 0.6) is 5.75 Å². The van der Waals surface area contributed by atoms with Crippen LogP contribution in [0.2, 0.25) is 5.02 Å². The number of aromatic nitrogens is 2. The van der Waals surface area contributed by atoms with Crippen molar-refractivity contribution in [3.05, 3.63) is 62.4 Å². The Hall–Kier alpha value is -2.95. The van der Waals surface area contributed by atoms with E-state index in [1.165, 1.54) is 31.2 Å². The fraction of sp³-hybridized carbons (Fsp3) is 0.458. The smallest absolute Gasteiger partial charge is 0.459 e. The number of hydrogen-bond donors (Lipinski definition) is 4. The van der Waals surface area contributed by atoms with Crippen molar-refractivity contribution in [3.63, 3.8) is 0 Å². The van der Waals surface area contributed by atoms with Gasteiger partial charge in [0.2, 0.25) is 0 Å². The molecule has 2 aromatic rings. The van der Waals surface area contributed by atoms with Crippen molar-refractivity contribution in [2.45, 2.75) is 63.4 Å². The summed E-state index contributed by atoms with van der Waals surface area (Å²) in [7, 11) is -4.39. The van der Waals surface area contributed by atoms with Crippen LogP contribution in [0.3, 0.4) is 0 Å². The van der Waals surface area contributed by atoms with Gasteiger partial charge in [0.25, 0.3) is 5.56 Å². The van der Waals surface area contributed by atoms with Crippen LogP contribution in [0.25, 0.3) is 0 Å². The molecule has 15 heteroatoms. The fourth-order valence-electron chi connectivity index (χ4n) is 3.52. The van der Waals surface area contributed by atoms with Gasteiger partial charge in [-0.05, 0) is 44.5 Å². The van der Waals surface area contributed by atoms with Crippen LogP contribution in [0.15, 0.2) is 46.1 Å². The van der Waals surface area contributed by atoms with Gasteiger partial charge in [-0.1, -0.05) is 24.4 Å². The lowest BCUT2D eigenvalue weighted by atomic mass is 9.95. The number of aliphatic hydroxyl groups is 2. The highest BCUT2D eigenvalue weighted by Crippen LogP contribution is 2.47. The first-order valence-electron chi connectivity index (χ1n) is 11.8. The summed E-state index contributed by atoms with van der Waals surface area (Å²) in [6.07, 6.45) is 1.76. The maximum atomic E-state index is 13.7. The summed E-state index contributed by atoms with van der Waals surface area (Å²) >= 11 is 5.90. The number of halogens is 1. The minimum absolute atomic E-state index is 0.0726. The molecule has 3 rings (SSSR count). The van der Waals surface area contributed by atoms with Crippen molar-refractivity contribution < 1.29 is 38.1 Å². The van der Waals surface area contributed by atoms with Gasteiger partial charge in [0, 0.05) is 17.3 Å². The summed E-state index contributed by atoms with van der Waals surface area (Å²) in [5.74, 6) is 1.36. The Morgan fingerprint density at radius 1 is 1.33 bits per heavy atom. The first kappa shape index (κ1) is 30.6. The van der Waals surface area contributed by atoms with E-state index in [0.717, 1.165) is 16.8 Å². The lowest BCUT2D eigenvalue weighted by molar-refractivity contribution is -0.150. The molecule has 1 aromatic carbocycles. The molecule has 1 saturated heterocycles. The largest absolute Gasteiger partial charge is 0.462 e. The predicted octanol–water partition coefficient (Wildman–Crippen LogP) is 1.34. The lowest BCUT2D eigenvalue weighted by Crippen LogP contribution is -2.48. The van der Waals surface area contributed by atoms with Crippen molar-refractivity contribution in [2.24, 2.45) is 0 Å². The second-order valence-corrected chi connectivity index (χ2v) is 10.9. The molecule has 2 heterocycles. The molecular weight excluding hydrogens is 557 g/mol. The lowest BCUT2D eigenvalue weighted by Gasteiger charge is -2.26. The van der Waals surface area contributed by atoms with Gasteiger partial charge in [-0.15, -0.1) is 6.42 Å². The molecule has 13 nitrogen and oxygen atoms in total. The van der Waals surface area contributed by atoms with Crippen molar-refractivity contribution in [1.82, 2.24) is 14.6 Å². The van der Waals surface area contributed by atoms with E-state index < -0.39 is 67.8 Å². The van der Waals surface area contributed by atoms with Crippen LogP contribution in [-0.4, -0.2) is 62.3 Å². The quantitative estimate of drug-likeness (QED) is 0.170. The minimum atomic E-state index is -4.39. The SMILES string of the molecule is C#C[C@]1(O)C(n2ccc(=O)[nH]c2=O)O[C@H](COP(=O)(N[C@@H](C)C(=O)O[C@H](C)CC)Oc2ccc(Cl)cc2)[C@H]1O. The minimum Gasteiger partial charge on any atom is -0.462 e. The number of nitrogens with one attached hydrogen (secondary N) is 2. The van der Waals surface area contributed by atoms with Crippen molar-refractivity contribution >= 4 is 25.3 Å². The maximum absolute atomic E-state index is 13.7. The molecule has 0 saturated carbocycles. The molecule has 39 heavy (non-hydrogen) atoms. The van der Waals surface area contributed by atoms with Gasteiger partial charge in [-0.2, -0.15) is 5.09 Å². The molecule has 1 aliphatic rings. The standard InChI is InChI=1S/C24H29ClN3O10P/c1-5-14(3)36-21(31)15(4)27-39(34,38-17-9-7-16(25)8-10-17)35-13-18-20(30)24(33,6-2)22(37-18)28-12-11-19(29)26-23(28)32/h2,7-12,14-15,18,20,22,30,33H,5,13H2,1,3-4H3,(H,27,34)(H,26,29,32)/t14-,15+,18-,20-,22?,24-,39?/m1/s1. The summed E-state index contributed by atoms with van der Waals surface area (Å²) in [5, 5.41) is 24.6. The normalized spacial score (nSPS) is 25.7. The Balaban J connectivity index is 1.84. The number of hydrogen-bond acceptors (Lipinski definition) is 10. The van der Waals surface area contributed by atoms with Gasteiger partial charge in [0.05, 0.1) is 12.7 Å². The zero-order valence-corrected chi connectivity index (χ0v) is 22.9. The van der Waals surface area contributed by atoms with E-state index >= 15 is 0 Å². The third kappa shape index (κ3) is 7.17. The Morgan fingerprint density at radius 3 is 2.59 bits per heavy atom. The second kappa shape index (κ2) is 12.5. The summed E-state index contributed by atoms with van der Waals surface area (Å²) in [4.78, 5) is 38.2. The molecule has 7 atom stereocenters. The highest BCUT2D eigenvalue weighted by Gasteiger charge is 2.56. The number of aliphatic hydroxyl groups excluding tert-OH is 1. The van der Waals surface area contributed by atoms with Crippen LogP contribution in [0, 0.1) is 12.3 Å². The zero-order chi connectivity index (χ0) is 29.0. The van der Waals surface area contributed by atoms with E-state index in [4.69, 9.17) is 36.5 Å². The number of H-pyrrole nitrogens is 1. The number of ether oxygens (including phenoxy) is 2. The third-order valence-corrected chi connectivity index (χ3v) is 7.76. The highest BCUT2D eigenvalue weighted by atomic mass is 35.5. The molecule has 0 aliphatic carbocycles. The monoisotopic (exact) mass is 585 g/mol. The van der Waals surface area contributed by atoms with Gasteiger partial charge >= 0.3 is 19.4 Å². The third-order valence-electron chi connectivity index (χ3n) is 5.86. The summed E-state index contributed by atoms with van der Waals surface area (Å²) in [6.45, 7) is 4.24. The number of rotatable bonds is 11.